The number of aromatic nitrogens is 1. The molecule has 162 valence electrons. The molecule has 1 aliphatic rings. The van der Waals surface area contributed by atoms with Crippen LogP contribution < -0.4 is 0 Å². The highest BCUT2D eigenvalue weighted by atomic mass is 32.2. The van der Waals surface area contributed by atoms with Gasteiger partial charge in [0.1, 0.15) is 5.94 Å². The molecule has 0 unspecified atom stereocenters. The van der Waals surface area contributed by atoms with Gasteiger partial charge in [-0.15, -0.1) is 0 Å². The van der Waals surface area contributed by atoms with E-state index in [1.54, 1.807) is 11.8 Å². The fraction of sp³-hybridized carbons (Fsp3) is 0.520. The fourth-order valence-corrected chi connectivity index (χ4v) is 3.97. The number of aryl methyl sites for hydroxylation is 1. The zero-order chi connectivity index (χ0) is 21.5. The normalized spacial score (nSPS) is 15.0. The number of hydrogen-bond acceptors (Lipinski definition) is 3. The van der Waals surface area contributed by atoms with Gasteiger partial charge in [-0.1, -0.05) is 77.9 Å². The topological polar surface area (TPSA) is 16.9 Å². The van der Waals surface area contributed by atoms with Gasteiger partial charge in [0.15, 0.2) is 0 Å². The van der Waals surface area contributed by atoms with Crippen molar-refractivity contribution in [2.24, 2.45) is 0 Å². The molecule has 4 heteroatoms. The number of hydroxylamine groups is 2. The van der Waals surface area contributed by atoms with Crippen molar-refractivity contribution in [3.8, 4) is 0 Å². The summed E-state index contributed by atoms with van der Waals surface area (Å²) >= 11 is 1.75. The van der Waals surface area contributed by atoms with Gasteiger partial charge in [-0.2, -0.15) is 0 Å². The Hall–Kier alpha value is -1.65. The summed E-state index contributed by atoms with van der Waals surface area (Å²) in [5.41, 5.74) is 3.70. The maximum Gasteiger partial charge on any atom is 0.125 e. The molecule has 2 aromatic rings. The number of rotatable bonds is 8. The van der Waals surface area contributed by atoms with Gasteiger partial charge in [0.25, 0.3) is 0 Å². The standard InChI is InChI=1S/C21H28N2OS.2C2H6/c1-3-4-14-21-18(2)23(24-17-25-21)16-7-5-6-10-19-11-8-12-20-13-9-15-22(19)20;2*1-2/h8-9,11-15H,2-7,10,16-17H2,1H3;2*1-2H3/b21-14-;;. The first-order valence-corrected chi connectivity index (χ1v) is 12.3. The summed E-state index contributed by atoms with van der Waals surface area (Å²) in [6, 6.07) is 10.8. The molecule has 0 aliphatic carbocycles. The molecule has 1 fully saturated rings. The molecule has 3 heterocycles. The first-order chi connectivity index (χ1) is 14.3. The third kappa shape index (κ3) is 7.94. The van der Waals surface area contributed by atoms with Gasteiger partial charge >= 0.3 is 0 Å². The van der Waals surface area contributed by atoms with Crippen LogP contribution in [0.2, 0.25) is 0 Å². The predicted octanol–water partition coefficient (Wildman–Crippen LogP) is 7.84. The highest BCUT2D eigenvalue weighted by Gasteiger charge is 2.18. The number of allylic oxidation sites excluding steroid dienone is 1. The molecule has 0 spiro atoms. The summed E-state index contributed by atoms with van der Waals surface area (Å²) in [6.45, 7) is 15.3. The van der Waals surface area contributed by atoms with Crippen LogP contribution in [0.1, 0.15) is 72.4 Å². The largest absolute Gasteiger partial charge is 0.321 e. The number of nitrogens with zero attached hydrogens (tertiary/aromatic N) is 2. The van der Waals surface area contributed by atoms with E-state index < -0.39 is 0 Å². The summed E-state index contributed by atoms with van der Waals surface area (Å²) in [7, 11) is 0. The minimum Gasteiger partial charge on any atom is -0.321 e. The van der Waals surface area contributed by atoms with Crippen LogP contribution in [0.25, 0.3) is 5.52 Å². The molecule has 0 aromatic carbocycles. The van der Waals surface area contributed by atoms with E-state index in [9.17, 15) is 0 Å². The van der Waals surface area contributed by atoms with Crippen molar-refractivity contribution in [1.82, 2.24) is 9.46 Å². The third-order valence-electron chi connectivity index (χ3n) is 4.57. The SMILES string of the molecule is C=C1/C(=C/CCC)SCON1CCCCCc1cccc2cccn12.CC.CC. The summed E-state index contributed by atoms with van der Waals surface area (Å²) in [5, 5.41) is 1.99. The van der Waals surface area contributed by atoms with E-state index in [0.717, 1.165) is 31.5 Å². The quantitative estimate of drug-likeness (QED) is 0.408. The van der Waals surface area contributed by atoms with Gasteiger partial charge in [0, 0.05) is 28.9 Å². The summed E-state index contributed by atoms with van der Waals surface area (Å²) < 4.78 is 2.29. The molecule has 0 radical (unpaired) electrons. The van der Waals surface area contributed by atoms with Crippen LogP contribution in [0, 0.1) is 0 Å². The molecule has 0 saturated carbocycles. The Morgan fingerprint density at radius 2 is 1.83 bits per heavy atom. The lowest BCUT2D eigenvalue weighted by Gasteiger charge is -2.31. The van der Waals surface area contributed by atoms with Crippen LogP contribution in [-0.4, -0.2) is 21.9 Å². The van der Waals surface area contributed by atoms with Crippen LogP contribution in [-0.2, 0) is 11.3 Å². The van der Waals surface area contributed by atoms with Gasteiger partial charge in [0.05, 0.1) is 5.70 Å². The van der Waals surface area contributed by atoms with E-state index in [4.69, 9.17) is 4.84 Å². The molecule has 1 aliphatic heterocycles. The van der Waals surface area contributed by atoms with Crippen molar-refractivity contribution < 1.29 is 4.84 Å². The lowest BCUT2D eigenvalue weighted by molar-refractivity contribution is -0.109. The Bertz CT molecular complexity index is 735. The van der Waals surface area contributed by atoms with E-state index >= 15 is 0 Å². The zero-order valence-electron chi connectivity index (χ0n) is 19.1. The fourth-order valence-electron chi connectivity index (χ4n) is 3.16. The number of fused-ring (bicyclic) bond motifs is 1. The molecule has 0 amide bonds. The van der Waals surface area contributed by atoms with Crippen molar-refractivity contribution in [3.05, 3.63) is 65.5 Å². The lowest BCUT2D eigenvalue weighted by Crippen LogP contribution is -2.28. The van der Waals surface area contributed by atoms with E-state index in [2.05, 4.69) is 60.5 Å². The summed E-state index contributed by atoms with van der Waals surface area (Å²) in [6.07, 6.45) is 11.4. The number of unbranched alkanes of at least 4 members (excludes halogenated alkanes) is 3. The van der Waals surface area contributed by atoms with Crippen LogP contribution >= 0.6 is 11.8 Å². The zero-order valence-corrected chi connectivity index (χ0v) is 19.9. The highest BCUT2D eigenvalue weighted by molar-refractivity contribution is 8.03. The van der Waals surface area contributed by atoms with E-state index in [1.807, 2.05) is 32.8 Å². The van der Waals surface area contributed by atoms with Gasteiger partial charge < -0.3 is 4.40 Å². The van der Waals surface area contributed by atoms with Crippen molar-refractivity contribution in [1.29, 1.82) is 0 Å². The molecule has 1 saturated heterocycles. The minimum atomic E-state index is 0.699. The monoisotopic (exact) mass is 416 g/mol. The van der Waals surface area contributed by atoms with E-state index in [0.29, 0.717) is 5.94 Å². The molecule has 0 bridgehead atoms. The Morgan fingerprint density at radius 1 is 1.07 bits per heavy atom. The van der Waals surface area contributed by atoms with Gasteiger partial charge in [-0.25, -0.2) is 0 Å². The second-order valence-electron chi connectivity index (χ2n) is 6.43. The van der Waals surface area contributed by atoms with Gasteiger partial charge in [0.2, 0.25) is 0 Å². The molecule has 2 aromatic heterocycles. The molecule has 0 atom stereocenters. The predicted molar refractivity (Wildman–Crippen MR) is 130 cm³/mol. The number of hydrogen-bond donors (Lipinski definition) is 0. The average Bonchev–Trinajstić information content (AvgIpc) is 3.26. The molecular formula is C25H40N2OS. The first kappa shape index (κ1) is 25.4. The second-order valence-corrected chi connectivity index (χ2v) is 7.39. The van der Waals surface area contributed by atoms with E-state index in [1.165, 1.54) is 35.4 Å². The van der Waals surface area contributed by atoms with Crippen LogP contribution in [0.5, 0.6) is 0 Å². The smallest absolute Gasteiger partial charge is 0.125 e. The van der Waals surface area contributed by atoms with Gasteiger partial charge in [-0.05, 0) is 49.9 Å². The van der Waals surface area contributed by atoms with Crippen LogP contribution in [0.15, 0.2) is 59.8 Å². The highest BCUT2D eigenvalue weighted by Crippen LogP contribution is 2.32. The Kier molecular flexibility index (Phi) is 13.3. The van der Waals surface area contributed by atoms with Crippen LogP contribution in [0.3, 0.4) is 0 Å². The van der Waals surface area contributed by atoms with E-state index in [-0.39, 0.29) is 0 Å². The molecular weight excluding hydrogens is 376 g/mol. The summed E-state index contributed by atoms with van der Waals surface area (Å²) in [5.74, 6) is 0.699. The van der Waals surface area contributed by atoms with Gasteiger partial charge in [-0.3, -0.25) is 9.90 Å². The molecule has 29 heavy (non-hydrogen) atoms. The molecule has 3 rings (SSSR count). The first-order valence-electron chi connectivity index (χ1n) is 11.3. The second kappa shape index (κ2) is 15.2. The number of thioether (sulfide) groups is 1. The average molecular weight is 417 g/mol. The maximum atomic E-state index is 5.76. The summed E-state index contributed by atoms with van der Waals surface area (Å²) in [4.78, 5) is 7.05. The minimum absolute atomic E-state index is 0.699. The third-order valence-corrected chi connectivity index (χ3v) is 5.50. The Balaban J connectivity index is 0.000000989. The molecule has 0 N–H and O–H groups in total. The van der Waals surface area contributed by atoms with Crippen molar-refractivity contribution >= 4 is 17.3 Å². The Morgan fingerprint density at radius 3 is 2.59 bits per heavy atom. The lowest BCUT2D eigenvalue weighted by atomic mass is 10.1. The maximum absolute atomic E-state index is 5.76. The van der Waals surface area contributed by atoms with Crippen molar-refractivity contribution in [2.75, 3.05) is 12.5 Å². The Labute approximate surface area is 182 Å². The van der Waals surface area contributed by atoms with Crippen LogP contribution in [0.4, 0.5) is 0 Å². The van der Waals surface area contributed by atoms with Crippen molar-refractivity contribution in [3.63, 3.8) is 0 Å². The number of pyridine rings is 1. The van der Waals surface area contributed by atoms with Crippen molar-refractivity contribution in [2.45, 2.75) is 73.1 Å². The molecule has 3 nitrogen and oxygen atoms in total.